The third-order valence-electron chi connectivity index (χ3n) is 5.53. The van der Waals surface area contributed by atoms with E-state index in [1.165, 1.54) is 50.8 Å². The van der Waals surface area contributed by atoms with Crippen LogP contribution >= 0.6 is 0 Å². The van der Waals surface area contributed by atoms with Gasteiger partial charge in [0.25, 0.3) is 5.69 Å². The van der Waals surface area contributed by atoms with Gasteiger partial charge in [-0.2, -0.15) is 10.5 Å². The van der Waals surface area contributed by atoms with Crippen molar-refractivity contribution in [1.29, 1.82) is 10.5 Å². The molecule has 2 heterocycles. The molecule has 7 nitrogen and oxygen atoms in total. The number of rotatable bonds is 4. The lowest BCUT2D eigenvalue weighted by atomic mass is 9.89. The molecule has 2 N–H and O–H groups in total. The Morgan fingerprint density at radius 3 is 2.60 bits per heavy atom. The van der Waals surface area contributed by atoms with Crippen LogP contribution in [0.4, 0.5) is 11.4 Å². The molecule has 2 aliphatic rings. The maximum absolute atomic E-state index is 11.3. The van der Waals surface area contributed by atoms with Crippen molar-refractivity contribution >= 4 is 11.4 Å². The fourth-order valence-corrected chi connectivity index (χ4v) is 4.30. The van der Waals surface area contributed by atoms with Crippen LogP contribution < -0.4 is 10.2 Å². The predicted molar refractivity (Wildman–Crippen MR) is 92.1 cm³/mol. The number of nitrogens with one attached hydrogen (secondary N) is 2. The highest BCUT2D eigenvalue weighted by Crippen LogP contribution is 2.28. The maximum Gasteiger partial charge on any atom is 0.293 e. The number of hydrogen-bond acceptors (Lipinski definition) is 5. The minimum atomic E-state index is -0.498. The molecule has 3 atom stereocenters. The molecule has 2 fully saturated rings. The summed E-state index contributed by atoms with van der Waals surface area (Å²) in [5, 5.41) is 32.8. The lowest BCUT2D eigenvalue weighted by molar-refractivity contribution is -0.958. The van der Waals surface area contributed by atoms with E-state index in [0.717, 1.165) is 12.5 Å². The summed E-state index contributed by atoms with van der Waals surface area (Å²) in [7, 11) is 0. The molecule has 0 aromatic heterocycles. The molecule has 0 saturated carbocycles. The molecule has 3 rings (SSSR count). The van der Waals surface area contributed by atoms with E-state index in [1.807, 2.05) is 12.1 Å². The second kappa shape index (κ2) is 7.50. The van der Waals surface area contributed by atoms with Crippen molar-refractivity contribution in [1.82, 2.24) is 0 Å². The van der Waals surface area contributed by atoms with Crippen molar-refractivity contribution in [2.75, 3.05) is 18.4 Å². The molecule has 0 bridgehead atoms. The summed E-state index contributed by atoms with van der Waals surface area (Å²) in [6.45, 7) is 1.83. The molecular weight excluding hydrogens is 318 g/mol. The van der Waals surface area contributed by atoms with Gasteiger partial charge < -0.3 is 10.2 Å². The van der Waals surface area contributed by atoms with E-state index < -0.39 is 4.92 Å². The van der Waals surface area contributed by atoms with Gasteiger partial charge in [0.2, 0.25) is 0 Å². The number of benzene rings is 1. The Kier molecular flexibility index (Phi) is 5.16. The van der Waals surface area contributed by atoms with Crippen LogP contribution in [0.2, 0.25) is 0 Å². The summed E-state index contributed by atoms with van der Waals surface area (Å²) < 4.78 is 0. The molecule has 1 aromatic carbocycles. The average Bonchev–Trinajstić information content (AvgIpc) is 2.65. The third kappa shape index (κ3) is 3.57. The number of fused-ring (bicyclic) bond motifs is 1. The zero-order chi connectivity index (χ0) is 17.8. The van der Waals surface area contributed by atoms with Gasteiger partial charge >= 0.3 is 0 Å². The standard InChI is InChI=1S/C18H21N5O2/c19-10-13-8-17(18(23(24)25)9-14(13)11-20)21-12-16-6-3-5-15-4-1-2-7-22(15)16/h8-9,15-16,21H,1-7,12H2/p+1/t15-,16+/m0/s1. The van der Waals surface area contributed by atoms with Crippen LogP contribution in [-0.4, -0.2) is 30.1 Å². The van der Waals surface area contributed by atoms with Crippen molar-refractivity contribution in [3.8, 4) is 12.1 Å². The van der Waals surface area contributed by atoms with Crippen molar-refractivity contribution in [2.24, 2.45) is 0 Å². The Hall–Kier alpha value is -2.64. The Morgan fingerprint density at radius 1 is 1.16 bits per heavy atom. The molecule has 0 aliphatic carbocycles. The van der Waals surface area contributed by atoms with E-state index in [9.17, 15) is 15.4 Å². The lowest BCUT2D eigenvalue weighted by Crippen LogP contribution is -3.21. The van der Waals surface area contributed by atoms with Gasteiger partial charge in [0.05, 0.1) is 35.2 Å². The normalized spacial score (nSPS) is 25.3. The van der Waals surface area contributed by atoms with Crippen molar-refractivity contribution < 1.29 is 9.82 Å². The van der Waals surface area contributed by atoms with Crippen LogP contribution in [0.15, 0.2) is 12.1 Å². The Morgan fingerprint density at radius 2 is 1.88 bits per heavy atom. The summed E-state index contributed by atoms with van der Waals surface area (Å²) >= 11 is 0. The smallest absolute Gasteiger partial charge is 0.293 e. The maximum atomic E-state index is 11.3. The van der Waals surface area contributed by atoms with E-state index in [1.54, 1.807) is 4.90 Å². The minimum absolute atomic E-state index is 0.0409. The molecule has 130 valence electrons. The summed E-state index contributed by atoms with van der Waals surface area (Å²) in [4.78, 5) is 12.5. The number of nitro groups is 1. The number of hydrogen-bond donors (Lipinski definition) is 2. The number of anilines is 1. The molecular formula is C18H22N5O2+. The van der Waals surface area contributed by atoms with Gasteiger partial charge in [-0.1, -0.05) is 0 Å². The molecule has 1 aromatic rings. The Labute approximate surface area is 147 Å². The van der Waals surface area contributed by atoms with Gasteiger partial charge in [0, 0.05) is 12.5 Å². The lowest BCUT2D eigenvalue weighted by Gasteiger charge is -2.42. The molecule has 7 heteroatoms. The molecule has 0 spiro atoms. The third-order valence-corrected chi connectivity index (χ3v) is 5.53. The molecule has 25 heavy (non-hydrogen) atoms. The summed E-state index contributed by atoms with van der Waals surface area (Å²) in [6, 6.07) is 7.59. The van der Waals surface area contributed by atoms with Crippen LogP contribution in [0.1, 0.15) is 49.7 Å². The fraction of sp³-hybridized carbons (Fsp3) is 0.556. The number of quaternary nitrogens is 1. The van der Waals surface area contributed by atoms with Gasteiger partial charge in [-0.3, -0.25) is 10.1 Å². The Balaban J connectivity index is 1.79. The zero-order valence-electron chi connectivity index (χ0n) is 14.1. The number of piperidine rings is 2. The van der Waals surface area contributed by atoms with E-state index in [2.05, 4.69) is 5.32 Å². The first-order chi connectivity index (χ1) is 12.1. The molecule has 1 unspecified atom stereocenters. The first kappa shape index (κ1) is 17.2. The van der Waals surface area contributed by atoms with E-state index in [-0.39, 0.29) is 16.8 Å². The van der Waals surface area contributed by atoms with Crippen LogP contribution in [-0.2, 0) is 0 Å². The van der Waals surface area contributed by atoms with Gasteiger partial charge in [-0.15, -0.1) is 0 Å². The highest BCUT2D eigenvalue weighted by Gasteiger charge is 2.36. The first-order valence-electron chi connectivity index (χ1n) is 8.86. The molecule has 2 aliphatic heterocycles. The van der Waals surface area contributed by atoms with Gasteiger partial charge in [-0.25, -0.2) is 0 Å². The van der Waals surface area contributed by atoms with Crippen LogP contribution in [0, 0.1) is 32.8 Å². The van der Waals surface area contributed by atoms with E-state index in [4.69, 9.17) is 5.26 Å². The van der Waals surface area contributed by atoms with Crippen molar-refractivity contribution in [3.05, 3.63) is 33.4 Å². The van der Waals surface area contributed by atoms with Gasteiger partial charge in [0.1, 0.15) is 23.9 Å². The number of nitriles is 2. The molecule has 0 radical (unpaired) electrons. The van der Waals surface area contributed by atoms with Crippen LogP contribution in [0.5, 0.6) is 0 Å². The number of nitro benzene ring substituents is 1. The fourth-order valence-electron chi connectivity index (χ4n) is 4.30. The zero-order valence-corrected chi connectivity index (χ0v) is 14.1. The predicted octanol–water partition coefficient (Wildman–Crippen LogP) is 1.74. The monoisotopic (exact) mass is 340 g/mol. The molecule has 2 saturated heterocycles. The quantitative estimate of drug-likeness (QED) is 0.641. The van der Waals surface area contributed by atoms with Gasteiger partial charge in [0.15, 0.2) is 0 Å². The average molecular weight is 340 g/mol. The number of nitrogens with zero attached hydrogens (tertiary/aromatic N) is 3. The SMILES string of the molecule is N#Cc1cc(NC[C@H]2CCC[C@@H]3CCCC[NH+]32)c([N+](=O)[O-])cc1C#N. The largest absolute Gasteiger partial charge is 0.374 e. The van der Waals surface area contributed by atoms with E-state index in [0.29, 0.717) is 18.3 Å². The highest BCUT2D eigenvalue weighted by molar-refractivity contribution is 5.68. The minimum Gasteiger partial charge on any atom is -0.374 e. The van der Waals surface area contributed by atoms with Crippen molar-refractivity contribution in [3.63, 3.8) is 0 Å². The highest BCUT2D eigenvalue weighted by atomic mass is 16.6. The molecule has 0 amide bonds. The van der Waals surface area contributed by atoms with Crippen LogP contribution in [0.25, 0.3) is 0 Å². The summed E-state index contributed by atoms with van der Waals surface area (Å²) in [6.07, 6.45) is 7.44. The second-order valence-electron chi connectivity index (χ2n) is 6.92. The van der Waals surface area contributed by atoms with Crippen molar-refractivity contribution in [2.45, 2.75) is 50.6 Å². The summed E-state index contributed by atoms with van der Waals surface area (Å²) in [5.74, 6) is 0. The van der Waals surface area contributed by atoms with E-state index >= 15 is 0 Å². The second-order valence-corrected chi connectivity index (χ2v) is 6.92. The first-order valence-corrected chi connectivity index (χ1v) is 8.86. The Bertz CT molecular complexity index is 747. The van der Waals surface area contributed by atoms with Crippen LogP contribution in [0.3, 0.4) is 0 Å². The van der Waals surface area contributed by atoms with Gasteiger partial charge in [-0.05, 0) is 38.2 Å². The summed E-state index contributed by atoms with van der Waals surface area (Å²) in [5.41, 5.74) is 0.400. The topological polar surface area (TPSA) is 107 Å².